The Morgan fingerprint density at radius 3 is 2.61 bits per heavy atom. The number of halogens is 2. The summed E-state index contributed by atoms with van der Waals surface area (Å²) in [6.07, 6.45) is 0. The van der Waals surface area contributed by atoms with Crippen LogP contribution in [0.5, 0.6) is 0 Å². The summed E-state index contributed by atoms with van der Waals surface area (Å²) in [4.78, 5) is 18.5. The van der Waals surface area contributed by atoms with Crippen molar-refractivity contribution in [3.8, 4) is 11.3 Å². The van der Waals surface area contributed by atoms with Gasteiger partial charge >= 0.3 is 0 Å². The van der Waals surface area contributed by atoms with E-state index in [0.29, 0.717) is 17.1 Å². The molecule has 0 aliphatic carbocycles. The molecule has 0 radical (unpaired) electrons. The average molecular weight is 461 g/mol. The third-order valence-corrected chi connectivity index (χ3v) is 6.72. The third-order valence-electron chi connectivity index (χ3n) is 5.00. The summed E-state index contributed by atoms with van der Waals surface area (Å²) in [6, 6.07) is 12.0. The maximum atomic E-state index is 14.0. The first kappa shape index (κ1) is 23.4. The second kappa shape index (κ2) is 9.47. The van der Waals surface area contributed by atoms with Gasteiger partial charge in [-0.2, -0.15) is 0 Å². The zero-order valence-corrected chi connectivity index (χ0v) is 19.6. The molecule has 7 heteroatoms. The van der Waals surface area contributed by atoms with Crippen molar-refractivity contribution in [3.63, 3.8) is 0 Å². The highest BCUT2D eigenvalue weighted by Crippen LogP contribution is 2.35. The lowest BCUT2D eigenvalue weighted by molar-refractivity contribution is -0.122. The largest absolute Gasteiger partial charge is 0.392 e. The van der Waals surface area contributed by atoms with Gasteiger partial charge in [-0.3, -0.25) is 4.79 Å². The maximum Gasteiger partial charge on any atom is 0.227 e. The van der Waals surface area contributed by atoms with Gasteiger partial charge in [0.15, 0.2) is 0 Å². The number of carbonyl (C=O) groups is 1. The minimum atomic E-state index is -0.535. The molecule has 0 aliphatic heterocycles. The summed E-state index contributed by atoms with van der Waals surface area (Å²) >= 11 is 7.74. The lowest BCUT2D eigenvalue weighted by Crippen LogP contribution is -2.27. The van der Waals surface area contributed by atoms with Crippen LogP contribution in [-0.2, 0) is 23.4 Å². The number of nitrogens with zero attached hydrogens (tertiary/aromatic N) is 1. The minimum absolute atomic E-state index is 0.125. The molecule has 1 heterocycles. The summed E-state index contributed by atoms with van der Waals surface area (Å²) in [5.41, 5.74) is 2.35. The van der Waals surface area contributed by atoms with E-state index in [4.69, 9.17) is 21.7 Å². The van der Waals surface area contributed by atoms with Crippen molar-refractivity contribution in [2.24, 2.45) is 0 Å². The molecule has 0 bridgehead atoms. The number of carbonyl (C=O) groups excluding carboxylic acids is 1. The normalized spacial score (nSPS) is 12.6. The molecular formula is C24H26ClFN2O2S. The van der Waals surface area contributed by atoms with Gasteiger partial charge in [0.2, 0.25) is 5.91 Å². The molecule has 0 saturated carbocycles. The summed E-state index contributed by atoms with van der Waals surface area (Å²) in [5, 5.41) is 13.7. The highest BCUT2D eigenvalue weighted by atomic mass is 35.5. The van der Waals surface area contributed by atoms with Gasteiger partial charge in [-0.1, -0.05) is 56.6 Å². The first-order chi connectivity index (χ1) is 14.6. The van der Waals surface area contributed by atoms with Gasteiger partial charge in [0.1, 0.15) is 5.82 Å². The SMILES string of the molecule is CC(C(=O)NCc1sc(C(C)(C)C)nc1-c1cccc(Cl)c1)c1ccc(CO)c(F)c1. The number of benzene rings is 2. The van der Waals surface area contributed by atoms with Crippen molar-refractivity contribution in [1.29, 1.82) is 0 Å². The lowest BCUT2D eigenvalue weighted by atomic mass is 9.98. The topological polar surface area (TPSA) is 62.2 Å². The molecule has 0 fully saturated rings. The number of hydrogen-bond donors (Lipinski definition) is 2. The number of amides is 1. The first-order valence-corrected chi connectivity index (χ1v) is 11.2. The van der Waals surface area contributed by atoms with Crippen LogP contribution < -0.4 is 5.32 Å². The number of nitrogens with one attached hydrogen (secondary N) is 1. The van der Waals surface area contributed by atoms with Crippen molar-refractivity contribution in [2.75, 3.05) is 0 Å². The highest BCUT2D eigenvalue weighted by Gasteiger charge is 2.23. The molecule has 2 N–H and O–H groups in total. The minimum Gasteiger partial charge on any atom is -0.392 e. The number of hydrogen-bond acceptors (Lipinski definition) is 4. The monoisotopic (exact) mass is 460 g/mol. The van der Waals surface area contributed by atoms with E-state index in [1.54, 1.807) is 24.3 Å². The van der Waals surface area contributed by atoms with E-state index in [9.17, 15) is 9.18 Å². The predicted molar refractivity (Wildman–Crippen MR) is 124 cm³/mol. The van der Waals surface area contributed by atoms with Crippen LogP contribution >= 0.6 is 22.9 Å². The molecule has 1 unspecified atom stereocenters. The summed E-state index contributed by atoms with van der Waals surface area (Å²) in [5.74, 6) is -1.26. The smallest absolute Gasteiger partial charge is 0.227 e. The van der Waals surface area contributed by atoms with E-state index in [1.807, 2.05) is 24.3 Å². The van der Waals surface area contributed by atoms with Crippen LogP contribution in [0.25, 0.3) is 11.3 Å². The quantitative estimate of drug-likeness (QED) is 0.487. The molecule has 1 aromatic heterocycles. The zero-order chi connectivity index (χ0) is 22.8. The summed E-state index contributed by atoms with van der Waals surface area (Å²) in [6.45, 7) is 7.97. The van der Waals surface area contributed by atoms with Crippen LogP contribution in [0.2, 0.25) is 5.02 Å². The van der Waals surface area contributed by atoms with Crippen molar-refractivity contribution >= 4 is 28.8 Å². The molecule has 3 aromatic rings. The Morgan fingerprint density at radius 1 is 1.26 bits per heavy atom. The Labute approximate surface area is 191 Å². The maximum absolute atomic E-state index is 14.0. The van der Waals surface area contributed by atoms with E-state index in [-0.39, 0.29) is 23.5 Å². The van der Waals surface area contributed by atoms with Gasteiger partial charge in [-0.05, 0) is 30.7 Å². The Balaban J connectivity index is 1.82. The van der Waals surface area contributed by atoms with E-state index in [1.165, 1.54) is 12.1 Å². The van der Waals surface area contributed by atoms with Gasteiger partial charge in [0, 0.05) is 21.6 Å². The molecule has 0 spiro atoms. The number of aromatic nitrogens is 1. The Morgan fingerprint density at radius 2 is 2.00 bits per heavy atom. The molecule has 0 saturated heterocycles. The van der Waals surface area contributed by atoms with Gasteiger partial charge in [0.05, 0.1) is 34.6 Å². The Bertz CT molecular complexity index is 1090. The van der Waals surface area contributed by atoms with Gasteiger partial charge in [0.25, 0.3) is 0 Å². The van der Waals surface area contributed by atoms with Crippen LogP contribution in [0.15, 0.2) is 42.5 Å². The number of thiazole rings is 1. The molecule has 2 aromatic carbocycles. The molecule has 1 amide bonds. The van der Waals surface area contributed by atoms with Crippen molar-refractivity contribution < 1.29 is 14.3 Å². The average Bonchev–Trinajstić information content (AvgIpc) is 3.16. The fourth-order valence-corrected chi connectivity index (χ4v) is 4.36. The number of aliphatic hydroxyl groups excluding tert-OH is 1. The van der Waals surface area contributed by atoms with E-state index in [2.05, 4.69) is 26.1 Å². The fraction of sp³-hybridized carbons (Fsp3) is 0.333. The number of rotatable bonds is 6. The van der Waals surface area contributed by atoms with Gasteiger partial charge < -0.3 is 10.4 Å². The van der Waals surface area contributed by atoms with Crippen LogP contribution in [0, 0.1) is 5.82 Å². The molecule has 3 rings (SSSR count). The molecule has 0 aliphatic rings. The van der Waals surface area contributed by atoms with Gasteiger partial charge in [-0.15, -0.1) is 11.3 Å². The lowest BCUT2D eigenvalue weighted by Gasteiger charge is -2.14. The molecule has 164 valence electrons. The highest BCUT2D eigenvalue weighted by molar-refractivity contribution is 7.12. The molecule has 31 heavy (non-hydrogen) atoms. The molecule has 4 nitrogen and oxygen atoms in total. The first-order valence-electron chi connectivity index (χ1n) is 10.0. The second-order valence-corrected chi connectivity index (χ2v) is 10.0. The van der Waals surface area contributed by atoms with E-state index in [0.717, 1.165) is 21.1 Å². The van der Waals surface area contributed by atoms with Crippen LogP contribution in [0.3, 0.4) is 0 Å². The van der Waals surface area contributed by atoms with Crippen LogP contribution in [0.4, 0.5) is 4.39 Å². The van der Waals surface area contributed by atoms with Crippen molar-refractivity contribution in [3.05, 3.63) is 74.3 Å². The van der Waals surface area contributed by atoms with Crippen molar-refractivity contribution in [1.82, 2.24) is 10.3 Å². The third kappa shape index (κ3) is 5.50. The van der Waals surface area contributed by atoms with Gasteiger partial charge in [-0.25, -0.2) is 9.37 Å². The standard InChI is InChI=1S/C24H26ClFN2O2S/c1-14(15-8-9-17(13-29)19(26)11-15)22(30)27-12-20-21(16-6-5-7-18(25)10-16)28-23(31-20)24(2,3)4/h5-11,14,29H,12-13H2,1-4H3,(H,27,30). The Hall–Kier alpha value is -2.28. The zero-order valence-electron chi connectivity index (χ0n) is 18.0. The fourth-order valence-electron chi connectivity index (χ4n) is 3.09. The molecule has 1 atom stereocenters. The summed E-state index contributed by atoms with van der Waals surface area (Å²) in [7, 11) is 0. The van der Waals surface area contributed by atoms with E-state index >= 15 is 0 Å². The predicted octanol–water partition coefficient (Wildman–Crippen LogP) is 5.81. The van der Waals surface area contributed by atoms with Crippen LogP contribution in [-0.4, -0.2) is 16.0 Å². The van der Waals surface area contributed by atoms with Crippen LogP contribution in [0.1, 0.15) is 54.6 Å². The molecular weight excluding hydrogens is 435 g/mol. The second-order valence-electron chi connectivity index (χ2n) is 8.50. The van der Waals surface area contributed by atoms with E-state index < -0.39 is 11.7 Å². The summed E-state index contributed by atoms with van der Waals surface area (Å²) < 4.78 is 14.0. The number of aliphatic hydroxyl groups is 1. The Kier molecular flexibility index (Phi) is 7.14. The van der Waals surface area contributed by atoms with Crippen molar-refractivity contribution in [2.45, 2.75) is 52.2 Å².